The maximum absolute atomic E-state index is 13.3. The summed E-state index contributed by atoms with van der Waals surface area (Å²) in [5.74, 6) is -6.22. The van der Waals surface area contributed by atoms with Crippen molar-refractivity contribution in [2.45, 2.75) is 37.3 Å². The van der Waals surface area contributed by atoms with E-state index >= 15 is 0 Å². The fourth-order valence-electron chi connectivity index (χ4n) is 5.64. The molecule has 0 fully saturated rings. The fourth-order valence-corrected chi connectivity index (χ4v) is 6.28. The Kier molecular flexibility index (Phi) is 14.0. The molecule has 0 aliphatic heterocycles. The monoisotopic (exact) mass is 864 g/mol. The number of phenolic OH excluding ortho intramolecular Hbond substituents is 1. The highest BCUT2D eigenvalue weighted by Gasteiger charge is 2.25. The molecule has 18 nitrogen and oxygen atoms in total. The van der Waals surface area contributed by atoms with Crippen LogP contribution in [0.3, 0.4) is 0 Å². The first kappa shape index (κ1) is 45.0. The summed E-state index contributed by atoms with van der Waals surface area (Å²) in [6.07, 6.45) is -0.00111. The quantitative estimate of drug-likeness (QED) is 0.0673. The number of carbonyl (C=O) groups excluding carboxylic acids is 6. The summed E-state index contributed by atoms with van der Waals surface area (Å²) < 4.78 is 29.2. The zero-order valence-electron chi connectivity index (χ0n) is 33.2. The smallest absolute Gasteiger partial charge is 0.335 e. The van der Waals surface area contributed by atoms with Gasteiger partial charge in [-0.2, -0.15) is 0 Å². The van der Waals surface area contributed by atoms with Crippen LogP contribution in [0.1, 0.15) is 72.1 Å². The number of rotatable bonds is 16. The molecule has 0 unspecified atom stereocenters. The summed E-state index contributed by atoms with van der Waals surface area (Å²) >= 11 is 0. The molecule has 0 heterocycles. The van der Waals surface area contributed by atoms with Gasteiger partial charge in [-0.25, -0.2) is 13.2 Å². The molecule has 0 bridgehead atoms. The van der Waals surface area contributed by atoms with Crippen molar-refractivity contribution in [3.8, 4) is 11.5 Å². The molecule has 0 radical (unpaired) electrons. The number of hydrogen-bond donors (Lipinski definition) is 8. The lowest BCUT2D eigenvalue weighted by atomic mass is 10.1. The van der Waals surface area contributed by atoms with E-state index in [1.165, 1.54) is 109 Å². The minimum absolute atomic E-state index is 0.0152. The zero-order valence-corrected chi connectivity index (χ0v) is 34.0. The maximum Gasteiger partial charge on any atom is 0.335 e. The van der Waals surface area contributed by atoms with E-state index in [0.29, 0.717) is 5.69 Å². The molecule has 0 aliphatic carbocycles. The number of carboxylic acids is 1. The number of aromatic carboxylic acids is 1. The van der Waals surface area contributed by atoms with Crippen LogP contribution >= 0.6 is 0 Å². The second-order valence-corrected chi connectivity index (χ2v) is 15.9. The van der Waals surface area contributed by atoms with Crippen molar-refractivity contribution in [1.82, 2.24) is 5.32 Å². The Balaban J connectivity index is 1.21. The molecule has 5 aromatic rings. The highest BCUT2D eigenvalue weighted by atomic mass is 32.2. The van der Waals surface area contributed by atoms with Crippen molar-refractivity contribution in [3.63, 3.8) is 0 Å². The Hall–Kier alpha value is -8.06. The standard InChI is InChI=1S/C43H40N6O12S/c1-23(2)61-37-33(21-20-32(36(37)51)41(55)46-29-16-8-27(9-17-29)43(57)58)48-39(53)24-6-14-30(15-7-24)47-42(56)34(22-35(44)50)49-40(54)25-4-12-28(13-5-25)45-38(52)26-10-18-31(19-11-26)62(3,59)60/h4-21,23,34,51H,22H2,1-3H3,(H2,44,50)(H,45,52)(H,46,55)(H,47,56)(H,48,53)(H,49,54)(H,57,58)/t34-/m0/s1. The van der Waals surface area contributed by atoms with Gasteiger partial charge in [-0.3, -0.25) is 28.8 Å². The van der Waals surface area contributed by atoms with Crippen LogP contribution in [0.25, 0.3) is 0 Å². The number of nitrogens with two attached hydrogens (primary N) is 1. The molecule has 320 valence electrons. The minimum Gasteiger partial charge on any atom is -0.504 e. The summed E-state index contributed by atoms with van der Waals surface area (Å²) in [7, 11) is -3.44. The lowest BCUT2D eigenvalue weighted by molar-refractivity contribution is -0.123. The van der Waals surface area contributed by atoms with Gasteiger partial charge in [0.2, 0.25) is 11.8 Å². The van der Waals surface area contributed by atoms with E-state index in [-0.39, 0.29) is 55.5 Å². The summed E-state index contributed by atoms with van der Waals surface area (Å²) in [4.78, 5) is 88.4. The van der Waals surface area contributed by atoms with E-state index in [0.717, 1.165) is 6.26 Å². The SMILES string of the molecule is CC(C)Oc1c(NC(=O)c2ccc(NC(=O)[C@H](CC(N)=O)NC(=O)c3ccc(NC(=O)c4ccc(S(C)(=O)=O)cc4)cc3)cc2)ccc(C(=O)Nc2ccc(C(=O)O)cc2)c1O. The number of carboxylic acid groups (broad SMARTS) is 1. The zero-order chi connectivity index (χ0) is 45.3. The number of primary amides is 1. The number of aromatic hydroxyl groups is 1. The van der Waals surface area contributed by atoms with E-state index in [1.54, 1.807) is 13.8 Å². The van der Waals surface area contributed by atoms with Crippen LogP contribution in [0.2, 0.25) is 0 Å². The molecule has 9 N–H and O–H groups in total. The first-order chi connectivity index (χ1) is 29.3. The number of hydrogen-bond acceptors (Lipinski definition) is 11. The van der Waals surface area contributed by atoms with Crippen molar-refractivity contribution in [1.29, 1.82) is 0 Å². The van der Waals surface area contributed by atoms with Crippen LogP contribution < -0.4 is 37.1 Å². The number of ether oxygens (including phenoxy) is 1. The molecule has 6 amide bonds. The summed E-state index contributed by atoms with van der Waals surface area (Å²) in [6.45, 7) is 3.34. The third-order valence-corrected chi connectivity index (χ3v) is 9.89. The van der Waals surface area contributed by atoms with Gasteiger partial charge < -0.3 is 47.3 Å². The van der Waals surface area contributed by atoms with Gasteiger partial charge in [0.15, 0.2) is 21.3 Å². The highest BCUT2D eigenvalue weighted by molar-refractivity contribution is 7.90. The van der Waals surface area contributed by atoms with Gasteiger partial charge in [-0.15, -0.1) is 0 Å². The number of sulfone groups is 1. The second kappa shape index (κ2) is 19.3. The van der Waals surface area contributed by atoms with Crippen LogP contribution in [0.4, 0.5) is 22.7 Å². The van der Waals surface area contributed by atoms with E-state index in [9.17, 15) is 47.1 Å². The van der Waals surface area contributed by atoms with Crippen molar-refractivity contribution >= 4 is 74.0 Å². The first-order valence-corrected chi connectivity index (χ1v) is 20.4. The van der Waals surface area contributed by atoms with Crippen molar-refractivity contribution in [2.75, 3.05) is 27.5 Å². The Labute approximate surface area is 354 Å². The van der Waals surface area contributed by atoms with Crippen molar-refractivity contribution in [3.05, 3.63) is 137 Å². The number of phenols is 1. The Morgan fingerprint density at radius 1 is 0.613 bits per heavy atom. The number of anilines is 4. The van der Waals surface area contributed by atoms with Gasteiger partial charge >= 0.3 is 5.97 Å². The highest BCUT2D eigenvalue weighted by Crippen LogP contribution is 2.39. The second-order valence-electron chi connectivity index (χ2n) is 13.9. The van der Waals surface area contributed by atoms with Gasteiger partial charge in [0.25, 0.3) is 23.6 Å². The molecule has 62 heavy (non-hydrogen) atoms. The van der Waals surface area contributed by atoms with Gasteiger partial charge in [0.05, 0.1) is 34.2 Å². The largest absolute Gasteiger partial charge is 0.504 e. The van der Waals surface area contributed by atoms with Crippen molar-refractivity contribution < 1.29 is 56.9 Å². The van der Waals surface area contributed by atoms with Crippen LogP contribution in [0.5, 0.6) is 11.5 Å². The topological polar surface area (TPSA) is 289 Å². The molecule has 5 aromatic carbocycles. The molecule has 0 spiro atoms. The van der Waals surface area contributed by atoms with E-state index < -0.39 is 75.6 Å². The normalized spacial score (nSPS) is 11.4. The minimum atomic E-state index is -3.44. The number of benzene rings is 5. The van der Waals surface area contributed by atoms with Gasteiger partial charge in [-0.05, 0) is 123 Å². The van der Waals surface area contributed by atoms with Gasteiger partial charge in [0, 0.05) is 40.0 Å². The van der Waals surface area contributed by atoms with Crippen LogP contribution in [0, 0.1) is 0 Å². The molecule has 0 saturated heterocycles. The molecule has 5 rings (SSSR count). The lowest BCUT2D eigenvalue weighted by Gasteiger charge is -2.19. The average molecular weight is 865 g/mol. The molecule has 0 aliphatic rings. The van der Waals surface area contributed by atoms with Crippen LogP contribution in [-0.2, 0) is 19.4 Å². The first-order valence-electron chi connectivity index (χ1n) is 18.5. The maximum atomic E-state index is 13.3. The van der Waals surface area contributed by atoms with E-state index in [4.69, 9.17) is 15.6 Å². The summed E-state index contributed by atoms with van der Waals surface area (Å²) in [5, 5.41) is 33.0. The fraction of sp³-hybridized carbons (Fsp3) is 0.140. The molecular weight excluding hydrogens is 825 g/mol. The molecule has 1 atom stereocenters. The van der Waals surface area contributed by atoms with Gasteiger partial charge in [-0.1, -0.05) is 0 Å². The van der Waals surface area contributed by atoms with Crippen LogP contribution in [-0.4, -0.2) is 78.4 Å². The van der Waals surface area contributed by atoms with E-state index in [2.05, 4.69) is 26.6 Å². The van der Waals surface area contributed by atoms with Crippen LogP contribution in [0.15, 0.2) is 114 Å². The predicted octanol–water partition coefficient (Wildman–Crippen LogP) is 4.65. The average Bonchev–Trinajstić information content (AvgIpc) is 3.22. The van der Waals surface area contributed by atoms with Gasteiger partial charge in [0.1, 0.15) is 6.04 Å². The molecule has 19 heteroatoms. The predicted molar refractivity (Wildman–Crippen MR) is 227 cm³/mol. The molecule has 0 saturated carbocycles. The third kappa shape index (κ3) is 11.8. The number of carbonyl (C=O) groups is 7. The number of amides is 6. The van der Waals surface area contributed by atoms with Crippen molar-refractivity contribution in [2.24, 2.45) is 5.73 Å². The molecular formula is C43H40N6O12S. The Morgan fingerprint density at radius 2 is 1.06 bits per heavy atom. The summed E-state index contributed by atoms with van der Waals surface area (Å²) in [6, 6.07) is 23.1. The Bertz CT molecular complexity index is 2650. The third-order valence-electron chi connectivity index (χ3n) is 8.76. The lowest BCUT2D eigenvalue weighted by Crippen LogP contribution is -2.46. The number of nitrogens with one attached hydrogen (secondary N) is 5. The Morgan fingerprint density at radius 3 is 1.55 bits per heavy atom. The summed E-state index contributed by atoms with van der Waals surface area (Å²) in [5.41, 5.74) is 6.38. The van der Waals surface area contributed by atoms with E-state index in [1.807, 2.05) is 0 Å². The molecule has 0 aromatic heterocycles.